The fourth-order valence-electron chi connectivity index (χ4n) is 4.97. The summed E-state index contributed by atoms with van der Waals surface area (Å²) in [6, 6.07) is 13.7. The molecule has 226 valence electrons. The summed E-state index contributed by atoms with van der Waals surface area (Å²) in [6.07, 6.45) is 2.61. The minimum Gasteiger partial charge on any atom is -0.372 e. The van der Waals surface area contributed by atoms with Crippen molar-refractivity contribution in [2.75, 3.05) is 39.4 Å². The highest BCUT2D eigenvalue weighted by molar-refractivity contribution is 7.89. The van der Waals surface area contributed by atoms with Crippen molar-refractivity contribution in [2.45, 2.75) is 68.5 Å². The molecule has 2 heterocycles. The van der Waals surface area contributed by atoms with Crippen LogP contribution in [0.5, 0.6) is 0 Å². The van der Waals surface area contributed by atoms with Crippen molar-refractivity contribution in [3.05, 3.63) is 72.3 Å². The maximum Gasteiger partial charge on any atom is 0.243 e. The summed E-state index contributed by atoms with van der Waals surface area (Å²) < 4.78 is 64.8. The van der Waals surface area contributed by atoms with Gasteiger partial charge in [0, 0.05) is 32.6 Å². The van der Waals surface area contributed by atoms with E-state index < -0.39 is 31.2 Å². The second-order valence-corrected chi connectivity index (χ2v) is 15.1. The van der Waals surface area contributed by atoms with Crippen LogP contribution in [0.2, 0.25) is 0 Å². The first-order valence-electron chi connectivity index (χ1n) is 13.6. The molecule has 0 unspecified atom stereocenters. The Morgan fingerprint density at radius 3 is 1.59 bits per heavy atom. The van der Waals surface area contributed by atoms with E-state index in [0.29, 0.717) is 44.2 Å². The molecular formula is C30H42N2O7S2. The molecule has 2 atom stereocenters. The SMILES string of the molecule is C=CC[C@@]1(C)CN(S(=O)(=O)c2ccc(C)cc2)CCO1.CC(=O)C[C@@]1(C)CN(S(=O)(=O)c2ccc(C)cc2)CCO1. The van der Waals surface area contributed by atoms with Crippen molar-refractivity contribution in [2.24, 2.45) is 0 Å². The molecule has 2 aliphatic heterocycles. The zero-order chi connectivity index (χ0) is 30.5. The Kier molecular flexibility index (Phi) is 10.7. The molecule has 0 spiro atoms. The van der Waals surface area contributed by atoms with E-state index in [4.69, 9.17) is 9.47 Å². The predicted molar refractivity (Wildman–Crippen MR) is 159 cm³/mol. The zero-order valence-corrected chi connectivity index (χ0v) is 26.3. The lowest BCUT2D eigenvalue weighted by Crippen LogP contribution is -2.52. The van der Waals surface area contributed by atoms with Crippen LogP contribution >= 0.6 is 0 Å². The van der Waals surface area contributed by atoms with Gasteiger partial charge in [-0.15, -0.1) is 6.58 Å². The first-order chi connectivity index (χ1) is 19.1. The molecule has 9 nitrogen and oxygen atoms in total. The Hall–Kier alpha value is -2.41. The quantitative estimate of drug-likeness (QED) is 0.416. The summed E-state index contributed by atoms with van der Waals surface area (Å²) in [5.74, 6) is -0.00733. The van der Waals surface area contributed by atoms with Gasteiger partial charge in [-0.1, -0.05) is 41.5 Å². The van der Waals surface area contributed by atoms with Gasteiger partial charge in [-0.25, -0.2) is 16.8 Å². The Morgan fingerprint density at radius 1 is 0.805 bits per heavy atom. The average Bonchev–Trinajstić information content (AvgIpc) is 2.89. The molecule has 41 heavy (non-hydrogen) atoms. The molecule has 0 aromatic heterocycles. The molecule has 2 aliphatic rings. The molecule has 0 radical (unpaired) electrons. The molecule has 0 bridgehead atoms. The minimum atomic E-state index is -3.54. The lowest BCUT2D eigenvalue weighted by Gasteiger charge is -2.39. The fourth-order valence-corrected chi connectivity index (χ4v) is 8.05. The number of carbonyl (C=O) groups is 1. The molecule has 2 aromatic carbocycles. The summed E-state index contributed by atoms with van der Waals surface area (Å²) >= 11 is 0. The number of rotatable bonds is 8. The number of ether oxygens (including phenoxy) is 2. The van der Waals surface area contributed by atoms with Gasteiger partial charge in [0.1, 0.15) is 5.78 Å². The summed E-state index contributed by atoms with van der Waals surface area (Å²) in [5.41, 5.74) is 0.819. The number of carbonyl (C=O) groups excluding carboxylic acids is 1. The van der Waals surface area contributed by atoms with Gasteiger partial charge in [0.2, 0.25) is 20.0 Å². The van der Waals surface area contributed by atoms with Crippen molar-refractivity contribution < 1.29 is 31.1 Å². The second-order valence-electron chi connectivity index (χ2n) is 11.3. The van der Waals surface area contributed by atoms with E-state index in [2.05, 4.69) is 6.58 Å². The smallest absolute Gasteiger partial charge is 0.243 e. The van der Waals surface area contributed by atoms with E-state index in [0.717, 1.165) is 11.1 Å². The predicted octanol–water partition coefficient (Wildman–Crippen LogP) is 4.10. The summed E-state index contributed by atoms with van der Waals surface area (Å²) in [7, 11) is -6.99. The number of sulfonamides is 2. The van der Waals surface area contributed by atoms with Gasteiger partial charge < -0.3 is 9.47 Å². The number of Topliss-reactive ketones (excluding diaryl/α,β-unsaturated/α-hetero) is 1. The number of nitrogens with zero attached hydrogens (tertiary/aromatic N) is 2. The highest BCUT2D eigenvalue weighted by atomic mass is 32.2. The van der Waals surface area contributed by atoms with Crippen LogP contribution in [0.3, 0.4) is 0 Å². The Morgan fingerprint density at radius 2 is 1.20 bits per heavy atom. The molecule has 0 saturated carbocycles. The summed E-state index contributed by atoms with van der Waals surface area (Å²) in [5, 5.41) is 0. The number of morpholine rings is 2. The van der Waals surface area contributed by atoms with Crippen molar-refractivity contribution >= 4 is 25.8 Å². The van der Waals surface area contributed by atoms with E-state index in [1.807, 2.05) is 32.9 Å². The third kappa shape index (κ3) is 8.56. The van der Waals surface area contributed by atoms with Crippen molar-refractivity contribution in [3.8, 4) is 0 Å². The van der Waals surface area contributed by atoms with Crippen LogP contribution in [0.1, 0.15) is 44.7 Å². The van der Waals surface area contributed by atoms with Crippen LogP contribution in [0.4, 0.5) is 0 Å². The number of benzene rings is 2. The van der Waals surface area contributed by atoms with Gasteiger partial charge in [0.15, 0.2) is 0 Å². The largest absolute Gasteiger partial charge is 0.372 e. The molecule has 2 fully saturated rings. The van der Waals surface area contributed by atoms with E-state index in [1.54, 1.807) is 49.4 Å². The molecule has 0 N–H and O–H groups in total. The van der Waals surface area contributed by atoms with Gasteiger partial charge in [0.25, 0.3) is 0 Å². The fraction of sp³-hybridized carbons (Fsp3) is 0.500. The van der Waals surface area contributed by atoms with E-state index >= 15 is 0 Å². The molecular weight excluding hydrogens is 564 g/mol. The van der Waals surface area contributed by atoms with Crippen molar-refractivity contribution in [1.82, 2.24) is 8.61 Å². The number of hydrogen-bond donors (Lipinski definition) is 0. The number of aryl methyl sites for hydroxylation is 2. The highest BCUT2D eigenvalue weighted by Gasteiger charge is 2.39. The third-order valence-corrected chi connectivity index (χ3v) is 10.8. The second kappa shape index (κ2) is 13.3. The first-order valence-corrected chi connectivity index (χ1v) is 16.5. The van der Waals surface area contributed by atoms with Gasteiger partial charge in [0.05, 0.1) is 34.2 Å². The van der Waals surface area contributed by atoms with Crippen LogP contribution in [0, 0.1) is 13.8 Å². The van der Waals surface area contributed by atoms with Gasteiger partial charge >= 0.3 is 0 Å². The highest BCUT2D eigenvalue weighted by Crippen LogP contribution is 2.28. The molecule has 2 saturated heterocycles. The van der Waals surface area contributed by atoms with E-state index in [1.165, 1.54) is 15.5 Å². The summed E-state index contributed by atoms with van der Waals surface area (Å²) in [4.78, 5) is 11.9. The van der Waals surface area contributed by atoms with E-state index in [-0.39, 0.29) is 23.6 Å². The maximum absolute atomic E-state index is 12.7. The van der Waals surface area contributed by atoms with Crippen LogP contribution in [-0.4, -0.2) is 81.8 Å². The topological polar surface area (TPSA) is 110 Å². The minimum absolute atomic E-state index is 0.00733. The molecule has 2 aromatic rings. The standard InChI is InChI=1S/C15H21NO4S.C15H21NO3S/c1-12-4-6-14(7-5-12)21(18,19)16-8-9-20-15(3,11-16)10-13(2)17;1-4-9-15(3)12-16(10-11-19-15)20(17,18)14-7-5-13(2)6-8-14/h4-7H,8-11H2,1-3H3;4-8H,1,9-12H2,2-3H3/t2*15-/m00/s1. The normalized spacial score (nSPS) is 24.2. The zero-order valence-electron chi connectivity index (χ0n) is 24.6. The summed E-state index contributed by atoms with van der Waals surface area (Å²) in [6.45, 7) is 14.7. The third-order valence-electron chi connectivity index (χ3n) is 7.12. The molecule has 11 heteroatoms. The molecule has 0 amide bonds. The lowest BCUT2D eigenvalue weighted by atomic mass is 9.98. The average molecular weight is 607 g/mol. The number of ketones is 1. The molecule has 4 rings (SSSR count). The Balaban J connectivity index is 0.000000226. The van der Waals surface area contributed by atoms with Gasteiger partial charge in [-0.05, 0) is 65.3 Å². The van der Waals surface area contributed by atoms with E-state index in [9.17, 15) is 21.6 Å². The monoisotopic (exact) mass is 606 g/mol. The number of hydrogen-bond acceptors (Lipinski definition) is 7. The van der Waals surface area contributed by atoms with Crippen LogP contribution in [0.25, 0.3) is 0 Å². The van der Waals surface area contributed by atoms with Crippen LogP contribution < -0.4 is 0 Å². The van der Waals surface area contributed by atoms with Crippen LogP contribution in [0.15, 0.2) is 71.0 Å². The van der Waals surface area contributed by atoms with Crippen molar-refractivity contribution in [3.63, 3.8) is 0 Å². The van der Waals surface area contributed by atoms with Gasteiger partial charge in [-0.2, -0.15) is 8.61 Å². The maximum atomic E-state index is 12.7. The molecule has 0 aliphatic carbocycles. The Labute approximate surface area is 245 Å². The van der Waals surface area contributed by atoms with Crippen LogP contribution in [-0.2, 0) is 34.3 Å². The van der Waals surface area contributed by atoms with Crippen molar-refractivity contribution in [1.29, 1.82) is 0 Å². The van der Waals surface area contributed by atoms with Gasteiger partial charge in [-0.3, -0.25) is 4.79 Å². The Bertz CT molecular complexity index is 1420. The first kappa shape index (κ1) is 33.1. The lowest BCUT2D eigenvalue weighted by molar-refractivity contribution is -0.129.